The molecule has 3 aromatic rings. The topological polar surface area (TPSA) is 113 Å². The van der Waals surface area contributed by atoms with Gasteiger partial charge < -0.3 is 14.5 Å². The van der Waals surface area contributed by atoms with Crippen LogP contribution in [0.15, 0.2) is 48.5 Å². The summed E-state index contributed by atoms with van der Waals surface area (Å²) in [7, 11) is 0. The van der Waals surface area contributed by atoms with Crippen LogP contribution in [-0.4, -0.2) is 53.5 Å². The first-order chi connectivity index (χ1) is 15.5. The maximum absolute atomic E-state index is 13.0. The van der Waals surface area contributed by atoms with Gasteiger partial charge in [0.1, 0.15) is 11.6 Å². The number of benzene rings is 2. The lowest BCUT2D eigenvalue weighted by Crippen LogP contribution is -2.49. The first kappa shape index (κ1) is 21.1. The Labute approximate surface area is 184 Å². The van der Waals surface area contributed by atoms with Crippen LogP contribution in [0.5, 0.6) is 5.75 Å². The summed E-state index contributed by atoms with van der Waals surface area (Å²) in [5.41, 5.74) is 1.31. The molecule has 1 fully saturated rings. The number of nitriles is 1. The van der Waals surface area contributed by atoms with Gasteiger partial charge in [0, 0.05) is 43.7 Å². The van der Waals surface area contributed by atoms with E-state index in [-0.39, 0.29) is 11.6 Å². The molecule has 2 aromatic carbocycles. The molecular weight excluding hydrogens is 410 g/mol. The van der Waals surface area contributed by atoms with E-state index in [1.54, 1.807) is 29.2 Å². The molecule has 0 N–H and O–H groups in total. The predicted molar refractivity (Wildman–Crippen MR) is 119 cm³/mol. The lowest BCUT2D eigenvalue weighted by atomic mass is 10.1. The Morgan fingerprint density at radius 2 is 1.94 bits per heavy atom. The highest BCUT2D eigenvalue weighted by Crippen LogP contribution is 2.27. The highest BCUT2D eigenvalue weighted by Gasteiger charge is 2.25. The highest BCUT2D eigenvalue weighted by atomic mass is 16.6. The van der Waals surface area contributed by atoms with Gasteiger partial charge in [-0.3, -0.25) is 14.9 Å². The van der Waals surface area contributed by atoms with Crippen molar-refractivity contribution < 1.29 is 14.5 Å². The minimum Gasteiger partial charge on any atom is -0.493 e. The molecule has 1 saturated heterocycles. The van der Waals surface area contributed by atoms with Gasteiger partial charge in [0.15, 0.2) is 0 Å². The molecule has 1 aromatic heterocycles. The summed E-state index contributed by atoms with van der Waals surface area (Å²) in [6, 6.07) is 15.3. The second-order valence-electron chi connectivity index (χ2n) is 7.31. The molecular formula is C23H21N5O4. The monoisotopic (exact) mass is 431 g/mol. The summed E-state index contributed by atoms with van der Waals surface area (Å²) in [4.78, 5) is 32.0. The van der Waals surface area contributed by atoms with Gasteiger partial charge in [-0.15, -0.1) is 0 Å². The zero-order chi connectivity index (χ0) is 22.7. The van der Waals surface area contributed by atoms with Crippen LogP contribution in [0, 0.1) is 21.4 Å². The van der Waals surface area contributed by atoms with Crippen LogP contribution in [0.4, 0.5) is 11.5 Å². The van der Waals surface area contributed by atoms with Gasteiger partial charge in [-0.05, 0) is 31.2 Å². The number of fused-ring (bicyclic) bond motifs is 1. The zero-order valence-electron chi connectivity index (χ0n) is 17.5. The Balaban J connectivity index is 1.53. The van der Waals surface area contributed by atoms with Gasteiger partial charge in [0.05, 0.1) is 34.2 Å². The third-order valence-electron chi connectivity index (χ3n) is 5.42. The summed E-state index contributed by atoms with van der Waals surface area (Å²) in [5, 5.41) is 21.1. The van der Waals surface area contributed by atoms with Crippen LogP contribution in [0.2, 0.25) is 0 Å². The van der Waals surface area contributed by atoms with Gasteiger partial charge in [0.2, 0.25) is 0 Å². The van der Waals surface area contributed by atoms with Crippen molar-refractivity contribution in [2.75, 3.05) is 37.7 Å². The molecule has 0 bridgehead atoms. The van der Waals surface area contributed by atoms with Crippen molar-refractivity contribution in [1.82, 2.24) is 9.88 Å². The number of piperazine rings is 1. The van der Waals surface area contributed by atoms with Crippen molar-refractivity contribution in [3.8, 4) is 11.8 Å². The molecule has 0 spiro atoms. The van der Waals surface area contributed by atoms with E-state index in [9.17, 15) is 20.2 Å². The molecule has 0 radical (unpaired) electrons. The number of carbonyl (C=O) groups is 1. The Hall–Kier alpha value is -4.19. The number of nitro groups is 1. The van der Waals surface area contributed by atoms with Gasteiger partial charge in [-0.2, -0.15) is 5.26 Å². The number of ether oxygens (including phenoxy) is 1. The van der Waals surface area contributed by atoms with E-state index in [1.165, 1.54) is 12.1 Å². The molecule has 162 valence electrons. The van der Waals surface area contributed by atoms with E-state index < -0.39 is 4.92 Å². The number of aromatic nitrogens is 1. The van der Waals surface area contributed by atoms with E-state index >= 15 is 0 Å². The molecule has 2 heterocycles. The van der Waals surface area contributed by atoms with E-state index in [0.29, 0.717) is 66.4 Å². The average Bonchev–Trinajstić information content (AvgIpc) is 2.83. The van der Waals surface area contributed by atoms with Crippen molar-refractivity contribution in [2.24, 2.45) is 0 Å². The molecule has 0 unspecified atom stereocenters. The van der Waals surface area contributed by atoms with Crippen molar-refractivity contribution in [2.45, 2.75) is 6.92 Å². The fourth-order valence-corrected chi connectivity index (χ4v) is 3.80. The predicted octanol–water partition coefficient (Wildman–Crippen LogP) is 3.38. The summed E-state index contributed by atoms with van der Waals surface area (Å²) in [6.45, 7) is 4.47. The summed E-state index contributed by atoms with van der Waals surface area (Å²) in [5.74, 6) is 1.11. The number of hydrogen-bond donors (Lipinski definition) is 0. The van der Waals surface area contributed by atoms with Gasteiger partial charge in [0.25, 0.3) is 11.6 Å². The number of non-ortho nitro benzene ring substituents is 1. The maximum atomic E-state index is 13.0. The fraction of sp³-hybridized carbons (Fsp3) is 0.261. The number of carbonyl (C=O) groups excluding carboxylic acids is 1. The Morgan fingerprint density at radius 1 is 1.19 bits per heavy atom. The third-order valence-corrected chi connectivity index (χ3v) is 5.42. The number of nitro benzene ring substituents is 1. The van der Waals surface area contributed by atoms with E-state index in [2.05, 4.69) is 11.1 Å². The molecule has 1 aliphatic rings. The molecule has 1 aliphatic heterocycles. The molecule has 0 saturated carbocycles. The lowest BCUT2D eigenvalue weighted by Gasteiger charge is -2.35. The molecule has 0 atom stereocenters. The normalized spacial score (nSPS) is 13.6. The minimum atomic E-state index is -0.492. The molecule has 9 nitrogen and oxygen atoms in total. The Bertz CT molecular complexity index is 1230. The number of hydrogen-bond acceptors (Lipinski definition) is 7. The minimum absolute atomic E-state index is 0.0785. The molecule has 9 heteroatoms. The molecule has 32 heavy (non-hydrogen) atoms. The van der Waals surface area contributed by atoms with Crippen molar-refractivity contribution >= 4 is 28.3 Å². The second-order valence-corrected chi connectivity index (χ2v) is 7.31. The number of rotatable bonds is 5. The van der Waals surface area contributed by atoms with Gasteiger partial charge in [-0.1, -0.05) is 12.1 Å². The number of para-hydroxylation sites is 1. The molecule has 0 aliphatic carbocycles. The number of anilines is 1. The van der Waals surface area contributed by atoms with Crippen molar-refractivity contribution in [3.63, 3.8) is 0 Å². The van der Waals surface area contributed by atoms with Crippen LogP contribution in [0.1, 0.15) is 22.8 Å². The second kappa shape index (κ2) is 8.89. The van der Waals surface area contributed by atoms with E-state index in [0.717, 1.165) is 0 Å². The van der Waals surface area contributed by atoms with Gasteiger partial charge >= 0.3 is 0 Å². The fourth-order valence-electron chi connectivity index (χ4n) is 3.80. The first-order valence-electron chi connectivity index (χ1n) is 10.3. The van der Waals surface area contributed by atoms with Crippen molar-refractivity contribution in [1.29, 1.82) is 5.26 Å². The van der Waals surface area contributed by atoms with Crippen LogP contribution in [-0.2, 0) is 0 Å². The highest BCUT2D eigenvalue weighted by molar-refractivity contribution is 5.97. The Morgan fingerprint density at radius 3 is 2.62 bits per heavy atom. The zero-order valence-corrected chi connectivity index (χ0v) is 17.5. The van der Waals surface area contributed by atoms with E-state index in [1.807, 2.05) is 24.0 Å². The SMILES string of the molecule is CCOc1ccccc1C(=O)N1CCN(c2cc(C#N)c3cc([N+](=O)[O-])ccc3n2)CC1. The number of pyridine rings is 1. The number of amides is 1. The molecule has 4 rings (SSSR count). The van der Waals surface area contributed by atoms with Crippen LogP contribution < -0.4 is 9.64 Å². The maximum Gasteiger partial charge on any atom is 0.270 e. The van der Waals surface area contributed by atoms with Crippen LogP contribution in [0.3, 0.4) is 0 Å². The van der Waals surface area contributed by atoms with E-state index in [4.69, 9.17) is 4.74 Å². The first-order valence-corrected chi connectivity index (χ1v) is 10.3. The smallest absolute Gasteiger partial charge is 0.270 e. The third kappa shape index (κ3) is 4.03. The summed E-state index contributed by atoms with van der Waals surface area (Å²) >= 11 is 0. The van der Waals surface area contributed by atoms with Gasteiger partial charge in [-0.25, -0.2) is 4.98 Å². The average molecular weight is 431 g/mol. The quantitative estimate of drug-likeness (QED) is 0.449. The van der Waals surface area contributed by atoms with Crippen molar-refractivity contribution in [3.05, 3.63) is 69.8 Å². The van der Waals surface area contributed by atoms with Crippen LogP contribution in [0.25, 0.3) is 10.9 Å². The number of nitrogens with zero attached hydrogens (tertiary/aromatic N) is 5. The molecule has 1 amide bonds. The largest absolute Gasteiger partial charge is 0.493 e. The summed E-state index contributed by atoms with van der Waals surface area (Å²) < 4.78 is 5.59. The lowest BCUT2D eigenvalue weighted by molar-refractivity contribution is -0.384. The summed E-state index contributed by atoms with van der Waals surface area (Å²) in [6.07, 6.45) is 0. The van der Waals surface area contributed by atoms with Crippen LogP contribution >= 0.6 is 0 Å². The Kier molecular flexibility index (Phi) is 5.85. The standard InChI is InChI=1S/C23H21N5O4/c1-2-32-21-6-4-3-5-18(21)23(29)27-11-9-26(10-12-27)22-13-16(15-24)19-14-17(28(30)31)7-8-20(19)25-22/h3-8,13-14H,2,9-12H2,1H3.